The van der Waals surface area contributed by atoms with Gasteiger partial charge in [-0.3, -0.25) is 0 Å². The summed E-state index contributed by atoms with van der Waals surface area (Å²) in [5, 5.41) is 4.45. The number of hydrogen-bond acceptors (Lipinski definition) is 9. The molecule has 0 aromatic carbocycles. The summed E-state index contributed by atoms with van der Waals surface area (Å²) < 4.78 is 12.1. The molecule has 3 aliphatic rings. The molecule has 0 amide bonds. The van der Waals surface area contributed by atoms with Crippen molar-refractivity contribution in [2.45, 2.75) is 59.2 Å². The minimum Gasteiger partial charge on any atom is -0.379 e. The van der Waals surface area contributed by atoms with Gasteiger partial charge in [-0.25, -0.2) is 10.9 Å². The first-order chi connectivity index (χ1) is 13.1. The Bertz CT molecular complexity index is 488. The zero-order chi connectivity index (χ0) is 19.2. The van der Waals surface area contributed by atoms with Crippen molar-refractivity contribution in [1.82, 2.24) is 16.2 Å². The highest BCUT2D eigenvalue weighted by molar-refractivity contribution is 8.24. The van der Waals surface area contributed by atoms with E-state index in [0.717, 1.165) is 24.3 Å². The van der Waals surface area contributed by atoms with E-state index in [1.807, 2.05) is 42.4 Å². The van der Waals surface area contributed by atoms with Crippen molar-refractivity contribution in [1.29, 1.82) is 0 Å². The molecule has 7 atom stereocenters. The molecule has 9 heteroatoms. The minimum absolute atomic E-state index is 0.239. The average molecular weight is 452 g/mol. The van der Waals surface area contributed by atoms with E-state index in [1.54, 1.807) is 7.11 Å². The molecule has 0 bridgehead atoms. The van der Waals surface area contributed by atoms with E-state index >= 15 is 0 Å². The van der Waals surface area contributed by atoms with E-state index in [9.17, 15) is 0 Å². The number of rotatable bonds is 9. The van der Waals surface area contributed by atoms with Gasteiger partial charge in [-0.05, 0) is 32.1 Å². The van der Waals surface area contributed by atoms with Crippen LogP contribution in [0.3, 0.4) is 0 Å². The van der Waals surface area contributed by atoms with Gasteiger partial charge >= 0.3 is 0 Å². The van der Waals surface area contributed by atoms with Crippen LogP contribution in [0.2, 0.25) is 0 Å². The lowest BCUT2D eigenvalue weighted by molar-refractivity contribution is -0.0710. The largest absolute Gasteiger partial charge is 0.379 e. The van der Waals surface area contributed by atoms with Crippen LogP contribution >= 0.6 is 47.0 Å². The van der Waals surface area contributed by atoms with Crippen molar-refractivity contribution < 1.29 is 9.47 Å². The molecule has 0 spiro atoms. The summed E-state index contributed by atoms with van der Waals surface area (Å²) in [4.78, 5) is 0. The first-order valence-electron chi connectivity index (χ1n) is 9.56. The maximum atomic E-state index is 5.68. The first kappa shape index (κ1) is 22.6. The van der Waals surface area contributed by atoms with Gasteiger partial charge in [0.25, 0.3) is 0 Å². The van der Waals surface area contributed by atoms with Crippen LogP contribution in [0.4, 0.5) is 0 Å². The van der Waals surface area contributed by atoms with Crippen LogP contribution in [0.15, 0.2) is 12.2 Å². The highest BCUT2D eigenvalue weighted by Crippen LogP contribution is 2.39. The van der Waals surface area contributed by atoms with Crippen LogP contribution in [0.1, 0.15) is 26.2 Å². The topological polar surface area (TPSA) is 54.5 Å². The van der Waals surface area contributed by atoms with Gasteiger partial charge < -0.3 is 14.8 Å². The van der Waals surface area contributed by atoms with Gasteiger partial charge in [0.1, 0.15) is 9.41 Å². The van der Waals surface area contributed by atoms with Crippen LogP contribution in [0.5, 0.6) is 0 Å². The second kappa shape index (κ2) is 11.4. The lowest BCUT2D eigenvalue weighted by atomic mass is 9.84. The van der Waals surface area contributed by atoms with E-state index in [2.05, 4.69) is 41.4 Å². The van der Waals surface area contributed by atoms with E-state index in [4.69, 9.17) is 9.47 Å². The highest BCUT2D eigenvalue weighted by Gasteiger charge is 2.38. The summed E-state index contributed by atoms with van der Waals surface area (Å²) in [5.74, 6) is 4.05. The normalized spacial score (nSPS) is 39.7. The molecular formula is C18H33N3O2S4. The Morgan fingerprint density at radius 2 is 1.85 bits per heavy atom. The smallest absolute Gasteiger partial charge is 0.115 e. The van der Waals surface area contributed by atoms with Gasteiger partial charge in [0, 0.05) is 37.5 Å². The Morgan fingerprint density at radius 1 is 1.11 bits per heavy atom. The van der Waals surface area contributed by atoms with Gasteiger partial charge in [-0.1, -0.05) is 23.9 Å². The molecule has 0 radical (unpaired) electrons. The Balaban J connectivity index is 1.35. The molecule has 2 heterocycles. The fourth-order valence-corrected chi connectivity index (χ4v) is 9.15. The number of methoxy groups -OCH3 is 2. The monoisotopic (exact) mass is 451 g/mol. The van der Waals surface area contributed by atoms with Gasteiger partial charge in [0.05, 0.1) is 17.6 Å². The van der Waals surface area contributed by atoms with Crippen LogP contribution in [0.25, 0.3) is 0 Å². The van der Waals surface area contributed by atoms with Gasteiger partial charge in [-0.2, -0.15) is 0 Å². The van der Waals surface area contributed by atoms with Crippen molar-refractivity contribution in [2.24, 2.45) is 5.92 Å². The third-order valence-electron chi connectivity index (χ3n) is 5.18. The Hall–Kier alpha value is 0.940. The van der Waals surface area contributed by atoms with E-state index < -0.39 is 0 Å². The van der Waals surface area contributed by atoms with Crippen molar-refractivity contribution in [3.05, 3.63) is 12.2 Å². The number of ether oxygens (including phenoxy) is 2. The number of nitrogens with one attached hydrogen (secondary N) is 3. The molecule has 7 unspecified atom stereocenters. The average Bonchev–Trinajstić information content (AvgIpc) is 3.33. The third kappa shape index (κ3) is 6.72. The van der Waals surface area contributed by atoms with E-state index in [1.165, 1.54) is 17.7 Å². The predicted molar refractivity (Wildman–Crippen MR) is 123 cm³/mol. The summed E-state index contributed by atoms with van der Waals surface area (Å²) in [6.45, 7) is 6.07. The quantitative estimate of drug-likeness (QED) is 0.458. The SMILES string of the molecule is C=C(C)CSC1NNC(SCC2CSC(C3CCC(OC)C(OC)C3)N2)S1. The second-order valence-corrected chi connectivity index (χ2v) is 12.6. The van der Waals surface area contributed by atoms with Crippen molar-refractivity contribution in [3.63, 3.8) is 0 Å². The van der Waals surface area contributed by atoms with E-state index in [0.29, 0.717) is 26.7 Å². The molecule has 156 valence electrons. The molecule has 0 aromatic heterocycles. The molecule has 5 nitrogen and oxygen atoms in total. The fourth-order valence-electron chi connectivity index (χ4n) is 3.74. The fraction of sp³-hybridized carbons (Fsp3) is 0.889. The molecular weight excluding hydrogens is 418 g/mol. The third-order valence-corrected chi connectivity index (χ3v) is 11.0. The van der Waals surface area contributed by atoms with Crippen LogP contribution in [0, 0.1) is 5.92 Å². The van der Waals surface area contributed by atoms with Crippen molar-refractivity contribution >= 4 is 47.0 Å². The standard InChI is InChI=1S/C18H33N3O2S4/c1-11(2)8-25-17-20-21-18(27-17)26-10-13-9-24-16(19-13)12-5-6-14(22-3)15(7-12)23-4/h12-21H,1,5-10H2,2-4H3. The molecule has 3 N–H and O–H groups in total. The molecule has 1 saturated carbocycles. The van der Waals surface area contributed by atoms with E-state index in [-0.39, 0.29) is 12.2 Å². The van der Waals surface area contributed by atoms with Crippen LogP contribution in [-0.2, 0) is 9.47 Å². The maximum absolute atomic E-state index is 5.68. The number of hydrazine groups is 1. The first-order valence-corrected chi connectivity index (χ1v) is 13.6. The maximum Gasteiger partial charge on any atom is 0.115 e. The summed E-state index contributed by atoms with van der Waals surface area (Å²) in [6, 6.07) is 0.593. The Labute approximate surface area is 181 Å². The Kier molecular flexibility index (Phi) is 9.52. The van der Waals surface area contributed by atoms with Gasteiger partial charge in [0.15, 0.2) is 0 Å². The minimum atomic E-state index is 0.239. The molecule has 3 fully saturated rings. The van der Waals surface area contributed by atoms with Gasteiger partial charge in [-0.15, -0.1) is 35.3 Å². The summed E-state index contributed by atoms with van der Waals surface area (Å²) >= 11 is 7.99. The molecule has 2 aliphatic heterocycles. The number of hydrogen-bond donors (Lipinski definition) is 3. The number of thioether (sulfide) groups is 4. The summed E-state index contributed by atoms with van der Waals surface area (Å²) in [6.07, 6.45) is 3.94. The lowest BCUT2D eigenvalue weighted by Gasteiger charge is -2.36. The molecule has 27 heavy (non-hydrogen) atoms. The lowest BCUT2D eigenvalue weighted by Crippen LogP contribution is -2.43. The van der Waals surface area contributed by atoms with Crippen LogP contribution in [-0.4, -0.2) is 64.5 Å². The van der Waals surface area contributed by atoms with Crippen molar-refractivity contribution in [2.75, 3.05) is 31.5 Å². The molecule has 2 saturated heterocycles. The highest BCUT2D eigenvalue weighted by atomic mass is 32.2. The molecule has 1 aliphatic carbocycles. The zero-order valence-electron chi connectivity index (χ0n) is 16.4. The van der Waals surface area contributed by atoms with Crippen LogP contribution < -0.4 is 16.2 Å². The molecule has 0 aromatic rings. The second-order valence-electron chi connectivity index (χ2n) is 7.43. The van der Waals surface area contributed by atoms with Gasteiger partial charge in [0.2, 0.25) is 0 Å². The summed E-state index contributed by atoms with van der Waals surface area (Å²) in [5.41, 5.74) is 8.02. The zero-order valence-corrected chi connectivity index (χ0v) is 19.7. The predicted octanol–water partition coefficient (Wildman–Crippen LogP) is 3.30. The summed E-state index contributed by atoms with van der Waals surface area (Å²) in [7, 11) is 3.62. The Morgan fingerprint density at radius 3 is 2.56 bits per heavy atom. The molecule has 3 rings (SSSR count). The van der Waals surface area contributed by atoms with Crippen molar-refractivity contribution in [3.8, 4) is 0 Å².